The monoisotopic (exact) mass is 252 g/mol. The van der Waals surface area contributed by atoms with Gasteiger partial charge in [-0.2, -0.15) is 0 Å². The first-order valence-electron chi connectivity index (χ1n) is 7.13. The van der Waals surface area contributed by atoms with Crippen LogP contribution >= 0.6 is 0 Å². The zero-order valence-corrected chi connectivity index (χ0v) is 11.7. The molecule has 0 bridgehead atoms. The van der Waals surface area contributed by atoms with Crippen LogP contribution < -0.4 is 0 Å². The molecule has 1 fully saturated rings. The van der Waals surface area contributed by atoms with Crippen LogP contribution in [0.15, 0.2) is 4.99 Å². The summed E-state index contributed by atoms with van der Waals surface area (Å²) in [6.07, 6.45) is 6.14. The Bertz CT molecular complexity index is 333. The van der Waals surface area contributed by atoms with Crippen LogP contribution in [0.5, 0.6) is 0 Å². The van der Waals surface area contributed by atoms with Crippen LogP contribution in [0.2, 0.25) is 0 Å². The van der Waals surface area contributed by atoms with Crippen molar-refractivity contribution in [1.29, 1.82) is 0 Å². The van der Waals surface area contributed by atoms with Gasteiger partial charge in [0, 0.05) is 12.6 Å². The molecule has 4 nitrogen and oxygen atoms in total. The van der Waals surface area contributed by atoms with Gasteiger partial charge >= 0.3 is 5.97 Å². The number of ether oxygens (including phenoxy) is 1. The van der Waals surface area contributed by atoms with E-state index in [1.165, 1.54) is 32.1 Å². The molecule has 1 saturated carbocycles. The maximum atomic E-state index is 12.1. The highest BCUT2D eigenvalue weighted by atomic mass is 16.5. The topological polar surface area (TPSA) is 41.9 Å². The normalized spacial score (nSPS) is 25.4. The summed E-state index contributed by atoms with van der Waals surface area (Å²) < 4.78 is 5.29. The molecule has 0 unspecified atom stereocenters. The van der Waals surface area contributed by atoms with Crippen molar-refractivity contribution in [3.63, 3.8) is 0 Å². The van der Waals surface area contributed by atoms with Crippen molar-refractivity contribution in [2.24, 2.45) is 4.99 Å². The zero-order chi connectivity index (χ0) is 13.1. The highest BCUT2D eigenvalue weighted by Gasteiger charge is 2.34. The molecule has 0 N–H and O–H groups in total. The smallest absolute Gasteiger partial charge is 0.374 e. The van der Waals surface area contributed by atoms with Gasteiger partial charge in [0.05, 0.1) is 12.1 Å². The standard InChI is InChI=1S/C14H24N2O2/c1-10(2)18-14(17)13-15-11(3)9-16(13)12-7-5-4-6-8-12/h10-12H,4-9H2,1-3H3/t11-/m0/s1. The Labute approximate surface area is 109 Å². The van der Waals surface area contributed by atoms with Gasteiger partial charge in [0.2, 0.25) is 5.84 Å². The summed E-state index contributed by atoms with van der Waals surface area (Å²) in [5, 5.41) is 0. The summed E-state index contributed by atoms with van der Waals surface area (Å²) in [6.45, 7) is 6.68. The van der Waals surface area contributed by atoms with Gasteiger partial charge in [-0.15, -0.1) is 0 Å². The number of hydrogen-bond acceptors (Lipinski definition) is 4. The van der Waals surface area contributed by atoms with Crippen LogP contribution in [0.3, 0.4) is 0 Å². The Kier molecular flexibility index (Phi) is 4.25. The Morgan fingerprint density at radius 3 is 2.61 bits per heavy atom. The maximum absolute atomic E-state index is 12.1. The number of nitrogens with zero attached hydrogens (tertiary/aromatic N) is 2. The van der Waals surface area contributed by atoms with E-state index in [0.717, 1.165) is 6.54 Å². The largest absolute Gasteiger partial charge is 0.457 e. The van der Waals surface area contributed by atoms with Crippen molar-refractivity contribution in [1.82, 2.24) is 4.90 Å². The summed E-state index contributed by atoms with van der Waals surface area (Å²) in [5.74, 6) is 0.308. The summed E-state index contributed by atoms with van der Waals surface area (Å²) >= 11 is 0. The fourth-order valence-electron chi connectivity index (χ4n) is 2.85. The van der Waals surface area contributed by atoms with E-state index in [2.05, 4.69) is 16.8 Å². The highest BCUT2D eigenvalue weighted by Crippen LogP contribution is 2.26. The fraction of sp³-hybridized carbons (Fsp3) is 0.857. The Morgan fingerprint density at radius 2 is 2.00 bits per heavy atom. The molecule has 0 aromatic heterocycles. The van der Waals surface area contributed by atoms with E-state index in [-0.39, 0.29) is 18.1 Å². The minimum Gasteiger partial charge on any atom is -0.457 e. The molecule has 1 heterocycles. The van der Waals surface area contributed by atoms with Crippen molar-refractivity contribution in [2.45, 2.75) is 71.1 Å². The van der Waals surface area contributed by atoms with Gasteiger partial charge < -0.3 is 9.64 Å². The molecule has 0 spiro atoms. The van der Waals surface area contributed by atoms with E-state index in [9.17, 15) is 4.79 Å². The van der Waals surface area contributed by atoms with Crippen molar-refractivity contribution in [3.8, 4) is 0 Å². The van der Waals surface area contributed by atoms with E-state index < -0.39 is 0 Å². The molecule has 1 aliphatic heterocycles. The van der Waals surface area contributed by atoms with Crippen molar-refractivity contribution >= 4 is 11.8 Å². The minimum atomic E-state index is -0.250. The molecule has 4 heteroatoms. The summed E-state index contributed by atoms with van der Waals surface area (Å²) in [5.41, 5.74) is 0. The van der Waals surface area contributed by atoms with Gasteiger partial charge in [-0.25, -0.2) is 4.79 Å². The molecule has 2 aliphatic rings. The zero-order valence-electron chi connectivity index (χ0n) is 11.7. The summed E-state index contributed by atoms with van der Waals surface area (Å²) in [6, 6.07) is 0.698. The third kappa shape index (κ3) is 3.03. The van der Waals surface area contributed by atoms with E-state index in [4.69, 9.17) is 4.74 Å². The van der Waals surface area contributed by atoms with Gasteiger partial charge in [0.1, 0.15) is 0 Å². The highest BCUT2D eigenvalue weighted by molar-refractivity contribution is 6.35. The number of amidine groups is 1. The Hall–Kier alpha value is -1.06. The molecule has 0 aromatic rings. The SMILES string of the molecule is CC(C)OC(=O)C1=N[C@@H](C)CN1C1CCCCC1. The molecule has 102 valence electrons. The first kappa shape index (κ1) is 13.4. The van der Waals surface area contributed by atoms with E-state index >= 15 is 0 Å². The second-order valence-corrected chi connectivity index (χ2v) is 5.70. The van der Waals surface area contributed by atoms with Gasteiger partial charge in [-0.3, -0.25) is 4.99 Å². The predicted molar refractivity (Wildman–Crippen MR) is 71.7 cm³/mol. The Balaban J connectivity index is 2.05. The van der Waals surface area contributed by atoms with E-state index in [1.807, 2.05) is 13.8 Å². The molecule has 0 radical (unpaired) electrons. The molecule has 0 aromatic carbocycles. The lowest BCUT2D eigenvalue weighted by molar-refractivity contribution is -0.140. The lowest BCUT2D eigenvalue weighted by Gasteiger charge is -2.33. The van der Waals surface area contributed by atoms with Crippen LogP contribution in [0.4, 0.5) is 0 Å². The first-order chi connectivity index (χ1) is 8.58. The van der Waals surface area contributed by atoms with Crippen molar-refractivity contribution < 1.29 is 9.53 Å². The van der Waals surface area contributed by atoms with E-state index in [0.29, 0.717) is 11.9 Å². The lowest BCUT2D eigenvalue weighted by atomic mass is 9.94. The first-order valence-corrected chi connectivity index (χ1v) is 7.13. The maximum Gasteiger partial charge on any atom is 0.374 e. The molecule has 1 aliphatic carbocycles. The van der Waals surface area contributed by atoms with Crippen LogP contribution in [-0.4, -0.2) is 41.4 Å². The lowest BCUT2D eigenvalue weighted by Crippen LogP contribution is -2.44. The van der Waals surface area contributed by atoms with Gasteiger partial charge in [-0.05, 0) is 33.6 Å². The quantitative estimate of drug-likeness (QED) is 0.724. The number of esters is 1. The summed E-state index contributed by atoms with van der Waals surface area (Å²) in [7, 11) is 0. The van der Waals surface area contributed by atoms with Gasteiger partial charge in [-0.1, -0.05) is 19.3 Å². The number of carbonyl (C=O) groups is 1. The third-order valence-corrected chi connectivity index (χ3v) is 3.62. The second kappa shape index (κ2) is 5.72. The second-order valence-electron chi connectivity index (χ2n) is 5.70. The fourth-order valence-corrected chi connectivity index (χ4v) is 2.85. The average Bonchev–Trinajstić information content (AvgIpc) is 2.72. The molecular formula is C14H24N2O2. The molecule has 0 saturated heterocycles. The van der Waals surface area contributed by atoms with Gasteiger partial charge in [0.15, 0.2) is 0 Å². The van der Waals surface area contributed by atoms with Gasteiger partial charge in [0.25, 0.3) is 0 Å². The van der Waals surface area contributed by atoms with Crippen LogP contribution in [-0.2, 0) is 9.53 Å². The number of aliphatic imine (C=N–C) groups is 1. The number of rotatable bonds is 3. The molecule has 1 atom stereocenters. The van der Waals surface area contributed by atoms with Crippen LogP contribution in [0, 0.1) is 0 Å². The van der Waals surface area contributed by atoms with Crippen LogP contribution in [0.25, 0.3) is 0 Å². The molecule has 2 rings (SSSR count). The summed E-state index contributed by atoms with van der Waals surface area (Å²) in [4.78, 5) is 18.7. The van der Waals surface area contributed by atoms with Crippen molar-refractivity contribution in [3.05, 3.63) is 0 Å². The molecule has 0 amide bonds. The average molecular weight is 252 g/mol. The Morgan fingerprint density at radius 1 is 1.33 bits per heavy atom. The molecule has 18 heavy (non-hydrogen) atoms. The van der Waals surface area contributed by atoms with E-state index in [1.54, 1.807) is 0 Å². The molecular weight excluding hydrogens is 228 g/mol. The minimum absolute atomic E-state index is 0.0793. The predicted octanol–water partition coefficient (Wildman–Crippen LogP) is 2.37. The number of hydrogen-bond donors (Lipinski definition) is 0. The third-order valence-electron chi connectivity index (χ3n) is 3.62. The van der Waals surface area contributed by atoms with Crippen LogP contribution in [0.1, 0.15) is 52.9 Å². The number of carbonyl (C=O) groups excluding carboxylic acids is 1. The van der Waals surface area contributed by atoms with Crippen molar-refractivity contribution in [2.75, 3.05) is 6.54 Å².